The molecule has 0 radical (unpaired) electrons. The van der Waals surface area contributed by atoms with Crippen molar-refractivity contribution >= 4 is 0 Å². The molecule has 0 atom stereocenters. The van der Waals surface area contributed by atoms with Crippen LogP contribution in [0.25, 0.3) is 11.3 Å². The minimum atomic E-state index is -0.231. The second-order valence-corrected chi connectivity index (χ2v) is 4.81. The number of hydrogen-bond donors (Lipinski definition) is 0. The van der Waals surface area contributed by atoms with Crippen LogP contribution < -0.4 is 4.74 Å². The maximum Gasteiger partial charge on any atom is 0.221 e. The van der Waals surface area contributed by atoms with Crippen molar-refractivity contribution < 1.29 is 13.7 Å². The molecule has 0 unspecified atom stereocenters. The van der Waals surface area contributed by atoms with Gasteiger partial charge in [0.05, 0.1) is 6.07 Å². The second kappa shape index (κ2) is 4.92. The van der Waals surface area contributed by atoms with Crippen LogP contribution in [0.3, 0.4) is 0 Å². The highest BCUT2D eigenvalue weighted by Gasteiger charge is 2.34. The van der Waals surface area contributed by atoms with Crippen LogP contribution >= 0.6 is 0 Å². The highest BCUT2D eigenvalue weighted by atomic mass is 19.1. The van der Waals surface area contributed by atoms with Crippen molar-refractivity contribution in [2.45, 2.75) is 39.2 Å². The Balaban J connectivity index is 2.33. The van der Waals surface area contributed by atoms with Crippen LogP contribution in [0.4, 0.5) is 4.39 Å². The van der Waals surface area contributed by atoms with E-state index in [1.54, 1.807) is 12.1 Å². The van der Waals surface area contributed by atoms with Crippen molar-refractivity contribution in [3.8, 4) is 11.3 Å². The van der Waals surface area contributed by atoms with E-state index < -0.39 is 0 Å². The Morgan fingerprint density at radius 2 is 1.72 bits per heavy atom. The molecule has 2 aromatic rings. The Bertz CT molecular complexity index is 512. The molecule has 0 aliphatic rings. The second-order valence-electron chi connectivity index (χ2n) is 4.81. The van der Waals surface area contributed by atoms with Gasteiger partial charge in [-0.1, -0.05) is 13.8 Å². The van der Waals surface area contributed by atoms with E-state index in [0.29, 0.717) is 0 Å². The molecule has 0 amide bonds. The van der Waals surface area contributed by atoms with Crippen LogP contribution in [0.2, 0.25) is 0 Å². The Morgan fingerprint density at radius 1 is 1.11 bits per heavy atom. The van der Waals surface area contributed by atoms with Gasteiger partial charge in [-0.15, -0.1) is 0 Å². The first kappa shape index (κ1) is 12.8. The van der Waals surface area contributed by atoms with Crippen LogP contribution in [0, 0.1) is 5.82 Å². The molecule has 0 aliphatic heterocycles. The van der Waals surface area contributed by atoms with E-state index in [2.05, 4.69) is 20.8 Å². The normalized spacial score (nSPS) is 11.8. The number of aromatic nitrogens is 1. The molecule has 0 saturated heterocycles. The average Bonchev–Trinajstić information content (AvgIpc) is 2.89. The molecule has 0 fully saturated rings. The highest BCUT2D eigenvalue weighted by molar-refractivity contribution is 5.55. The molecule has 1 heterocycles. The number of rotatable bonds is 4. The zero-order valence-electron chi connectivity index (χ0n) is 11.1. The van der Waals surface area contributed by atoms with Crippen molar-refractivity contribution in [1.29, 1.82) is 0 Å². The lowest BCUT2D eigenvalue weighted by Crippen LogP contribution is -2.51. The number of benzene rings is 1. The van der Waals surface area contributed by atoms with Crippen LogP contribution in [-0.2, 0) is 5.54 Å². The van der Waals surface area contributed by atoms with Crippen LogP contribution in [0.5, 0.6) is 0 Å². The summed E-state index contributed by atoms with van der Waals surface area (Å²) in [6.45, 7) is 6.47. The van der Waals surface area contributed by atoms with Gasteiger partial charge in [-0.2, -0.15) is 0 Å². The zero-order valence-corrected chi connectivity index (χ0v) is 11.1. The van der Waals surface area contributed by atoms with E-state index in [-0.39, 0.29) is 11.4 Å². The Hall–Kier alpha value is -1.64. The fourth-order valence-electron chi connectivity index (χ4n) is 1.92. The fourth-order valence-corrected chi connectivity index (χ4v) is 1.92. The van der Waals surface area contributed by atoms with Crippen LogP contribution in [0.1, 0.15) is 33.6 Å². The lowest BCUT2D eigenvalue weighted by molar-refractivity contribution is -0.911. The lowest BCUT2D eigenvalue weighted by Gasteiger charge is -2.15. The predicted octanol–water partition coefficient (Wildman–Crippen LogP) is 3.91. The smallest absolute Gasteiger partial charge is 0.221 e. The van der Waals surface area contributed by atoms with Gasteiger partial charge in [-0.3, -0.25) is 0 Å². The fraction of sp³-hybridized carbons (Fsp3) is 0.400. The maximum absolute atomic E-state index is 12.9. The maximum atomic E-state index is 12.9. The van der Waals surface area contributed by atoms with Gasteiger partial charge in [0.15, 0.2) is 0 Å². The van der Waals surface area contributed by atoms with Crippen molar-refractivity contribution in [3.05, 3.63) is 42.3 Å². The summed E-state index contributed by atoms with van der Waals surface area (Å²) in [6, 6.07) is 8.28. The summed E-state index contributed by atoms with van der Waals surface area (Å²) in [7, 11) is 0. The van der Waals surface area contributed by atoms with Gasteiger partial charge in [-0.25, -0.2) is 8.91 Å². The van der Waals surface area contributed by atoms with E-state index in [1.165, 1.54) is 12.1 Å². The molecule has 2 nitrogen and oxygen atoms in total. The third-order valence-electron chi connectivity index (χ3n) is 3.74. The third-order valence-corrected chi connectivity index (χ3v) is 3.74. The van der Waals surface area contributed by atoms with E-state index in [0.717, 1.165) is 24.2 Å². The highest BCUT2D eigenvalue weighted by Crippen LogP contribution is 2.22. The minimum absolute atomic E-state index is 0.00171. The topological polar surface area (TPSA) is 17.0 Å². The first-order chi connectivity index (χ1) is 8.59. The van der Waals surface area contributed by atoms with Crippen LogP contribution in [0.15, 0.2) is 41.1 Å². The van der Waals surface area contributed by atoms with E-state index >= 15 is 0 Å². The molecular formula is C15H19FNO+. The number of nitrogens with zero attached hydrogens (tertiary/aromatic N) is 1. The summed E-state index contributed by atoms with van der Waals surface area (Å²) in [4.78, 5) is 0. The van der Waals surface area contributed by atoms with Gasteiger partial charge in [0.1, 0.15) is 5.82 Å². The first-order valence-electron chi connectivity index (χ1n) is 6.37. The van der Waals surface area contributed by atoms with Gasteiger partial charge in [0.2, 0.25) is 17.5 Å². The quantitative estimate of drug-likeness (QED) is 0.750. The molecule has 0 saturated carbocycles. The third kappa shape index (κ3) is 2.30. The summed E-state index contributed by atoms with van der Waals surface area (Å²) in [6.07, 6.45) is 3.96. The van der Waals surface area contributed by atoms with Crippen molar-refractivity contribution in [2.24, 2.45) is 0 Å². The van der Waals surface area contributed by atoms with Gasteiger partial charge in [-0.05, 0) is 29.0 Å². The largest absolute Gasteiger partial charge is 0.236 e. The SMILES string of the molecule is CCC(C)(CC)[n+]1ccc(-c2ccc(F)cc2)o1. The lowest BCUT2D eigenvalue weighted by atomic mass is 9.96. The molecule has 0 spiro atoms. The van der Waals surface area contributed by atoms with Crippen molar-refractivity contribution in [2.75, 3.05) is 0 Å². The molecular weight excluding hydrogens is 229 g/mol. The molecule has 3 heteroatoms. The molecule has 96 valence electrons. The summed E-state index contributed by atoms with van der Waals surface area (Å²) < 4.78 is 20.6. The van der Waals surface area contributed by atoms with Gasteiger partial charge in [0, 0.05) is 25.3 Å². The van der Waals surface area contributed by atoms with Gasteiger partial charge < -0.3 is 0 Å². The molecule has 18 heavy (non-hydrogen) atoms. The summed E-state index contributed by atoms with van der Waals surface area (Å²) >= 11 is 0. The monoisotopic (exact) mass is 248 g/mol. The molecule has 0 bridgehead atoms. The number of hydrogen-bond acceptors (Lipinski definition) is 1. The van der Waals surface area contributed by atoms with Crippen LogP contribution in [-0.4, -0.2) is 0 Å². The molecule has 1 aromatic heterocycles. The van der Waals surface area contributed by atoms with E-state index in [9.17, 15) is 4.39 Å². The Labute approximate surface area is 107 Å². The predicted molar refractivity (Wildman–Crippen MR) is 68.5 cm³/mol. The average molecular weight is 248 g/mol. The molecule has 1 aromatic carbocycles. The zero-order chi connectivity index (χ0) is 13.2. The Kier molecular flexibility index (Phi) is 3.50. The van der Waals surface area contributed by atoms with Gasteiger partial charge >= 0.3 is 0 Å². The Morgan fingerprint density at radius 3 is 2.28 bits per heavy atom. The molecule has 0 aliphatic carbocycles. The summed E-state index contributed by atoms with van der Waals surface area (Å²) in [5.74, 6) is 0.535. The standard InChI is InChI=1S/C15H19FNO/c1-4-15(3,5-2)17-11-10-14(18-17)12-6-8-13(16)9-7-12/h6-11H,4-5H2,1-3H3/q+1. The first-order valence-corrected chi connectivity index (χ1v) is 6.37. The summed E-state index contributed by atoms with van der Waals surface area (Å²) in [5, 5.41) is 0. The van der Waals surface area contributed by atoms with E-state index in [4.69, 9.17) is 4.52 Å². The molecule has 2 rings (SSSR count). The molecule has 0 N–H and O–H groups in total. The van der Waals surface area contributed by atoms with Crippen molar-refractivity contribution in [1.82, 2.24) is 0 Å². The number of halogens is 1. The van der Waals surface area contributed by atoms with Gasteiger partial charge in [0.25, 0.3) is 0 Å². The summed E-state index contributed by atoms with van der Waals surface area (Å²) in [5.41, 5.74) is 0.892. The van der Waals surface area contributed by atoms with E-state index in [1.807, 2.05) is 17.0 Å². The van der Waals surface area contributed by atoms with Crippen molar-refractivity contribution in [3.63, 3.8) is 0 Å². The minimum Gasteiger partial charge on any atom is -0.236 e.